The molecule has 2 aromatic rings. The highest BCUT2D eigenvalue weighted by Crippen LogP contribution is 2.27. The van der Waals surface area contributed by atoms with Crippen LogP contribution >= 0.6 is 0 Å². The van der Waals surface area contributed by atoms with Crippen molar-refractivity contribution in [1.29, 1.82) is 0 Å². The number of hydrogen-bond donors (Lipinski definition) is 1. The van der Waals surface area contributed by atoms with Gasteiger partial charge in [-0.05, 0) is 37.5 Å². The number of halogens is 4. The van der Waals surface area contributed by atoms with Gasteiger partial charge in [0.2, 0.25) is 0 Å². The van der Waals surface area contributed by atoms with Crippen LogP contribution in [0, 0.1) is 5.82 Å². The number of hydrogen-bond acceptors (Lipinski definition) is 4. The maximum absolute atomic E-state index is 13.2. The summed E-state index contributed by atoms with van der Waals surface area (Å²) < 4.78 is 51.5. The number of fused-ring (bicyclic) bond motifs is 1. The number of ether oxygens (including phenoxy) is 1. The molecule has 10 heteroatoms. The highest BCUT2D eigenvalue weighted by atomic mass is 19.4. The second-order valence-corrected chi connectivity index (χ2v) is 7.39. The van der Waals surface area contributed by atoms with Crippen molar-refractivity contribution < 1.29 is 32.2 Å². The van der Waals surface area contributed by atoms with E-state index in [0.29, 0.717) is 36.6 Å². The molecule has 6 nitrogen and oxygen atoms in total. The number of benzene rings is 1. The van der Waals surface area contributed by atoms with Gasteiger partial charge in [0.25, 0.3) is 5.91 Å². The van der Waals surface area contributed by atoms with Crippen LogP contribution in [0.15, 0.2) is 30.3 Å². The van der Waals surface area contributed by atoms with Crippen LogP contribution in [0.4, 0.5) is 17.6 Å². The Labute approximate surface area is 171 Å². The van der Waals surface area contributed by atoms with Gasteiger partial charge in [0, 0.05) is 25.6 Å². The lowest BCUT2D eigenvalue weighted by atomic mass is 10.1. The van der Waals surface area contributed by atoms with Crippen molar-refractivity contribution in [2.45, 2.75) is 57.7 Å². The van der Waals surface area contributed by atoms with E-state index in [-0.39, 0.29) is 37.4 Å². The Balaban J connectivity index is 0.000000461. The van der Waals surface area contributed by atoms with E-state index >= 15 is 0 Å². The fourth-order valence-corrected chi connectivity index (χ4v) is 3.61. The Morgan fingerprint density at radius 3 is 2.60 bits per heavy atom. The van der Waals surface area contributed by atoms with Gasteiger partial charge >= 0.3 is 6.18 Å². The van der Waals surface area contributed by atoms with E-state index in [9.17, 15) is 27.5 Å². The molecule has 30 heavy (non-hydrogen) atoms. The lowest BCUT2D eigenvalue weighted by Gasteiger charge is -2.32. The number of alkyl halides is 3. The fraction of sp³-hybridized carbons (Fsp3) is 0.500. The number of aliphatic hydroxyl groups excluding tert-OH is 1. The molecular formula is C20H23F4N3O3. The average molecular weight is 429 g/mol. The summed E-state index contributed by atoms with van der Waals surface area (Å²) in [5.41, 5.74) is 1.19. The third-order valence-electron chi connectivity index (χ3n) is 4.86. The second kappa shape index (κ2) is 9.03. The van der Waals surface area contributed by atoms with Gasteiger partial charge in [-0.3, -0.25) is 9.48 Å². The summed E-state index contributed by atoms with van der Waals surface area (Å²) in [6.45, 7) is 1.61. The van der Waals surface area contributed by atoms with E-state index in [2.05, 4.69) is 5.10 Å². The van der Waals surface area contributed by atoms with Gasteiger partial charge < -0.3 is 14.7 Å². The maximum atomic E-state index is 13.2. The first-order valence-electron chi connectivity index (χ1n) is 9.61. The normalized spacial score (nSPS) is 21.1. The zero-order valence-corrected chi connectivity index (χ0v) is 16.4. The molecule has 1 aromatic carbocycles. The lowest BCUT2D eigenvalue weighted by molar-refractivity contribution is -0.110. The minimum Gasteiger partial charge on any atom is -0.487 e. The fourth-order valence-electron chi connectivity index (χ4n) is 3.61. The Kier molecular flexibility index (Phi) is 6.64. The van der Waals surface area contributed by atoms with Crippen molar-refractivity contribution in [1.82, 2.24) is 14.7 Å². The number of rotatable bonds is 4. The average Bonchev–Trinajstić information content (AvgIpc) is 3.25. The molecular weight excluding hydrogens is 406 g/mol. The van der Waals surface area contributed by atoms with Crippen molar-refractivity contribution in [3.05, 3.63) is 47.5 Å². The molecule has 1 fully saturated rings. The predicted molar refractivity (Wildman–Crippen MR) is 99.4 cm³/mol. The molecule has 1 N–H and O–H groups in total. The van der Waals surface area contributed by atoms with Crippen LogP contribution in [0.1, 0.15) is 42.4 Å². The van der Waals surface area contributed by atoms with Crippen molar-refractivity contribution in [2.24, 2.45) is 0 Å². The van der Waals surface area contributed by atoms with Gasteiger partial charge in [-0.25, -0.2) is 4.39 Å². The molecule has 2 aliphatic rings. The van der Waals surface area contributed by atoms with Crippen LogP contribution in [-0.2, 0) is 13.2 Å². The number of carbonyl (C=O) groups is 1. The zero-order chi connectivity index (χ0) is 21.9. The van der Waals surface area contributed by atoms with Crippen LogP contribution in [0.3, 0.4) is 0 Å². The summed E-state index contributed by atoms with van der Waals surface area (Å²) in [5.74, 6) is 0.0277. The summed E-state index contributed by atoms with van der Waals surface area (Å²) >= 11 is 0. The Morgan fingerprint density at radius 2 is 1.97 bits per heavy atom. The molecule has 0 spiro atoms. The van der Waals surface area contributed by atoms with Crippen LogP contribution < -0.4 is 4.74 Å². The minimum absolute atomic E-state index is 0.0464. The summed E-state index contributed by atoms with van der Waals surface area (Å²) in [5, 5.41) is 14.1. The zero-order valence-electron chi connectivity index (χ0n) is 16.4. The Bertz CT molecular complexity index is 878. The number of nitrogens with zero attached hydrogens (tertiary/aromatic N) is 3. The topological polar surface area (TPSA) is 67.6 Å². The first kappa shape index (κ1) is 22.1. The lowest BCUT2D eigenvalue weighted by Crippen LogP contribution is -2.45. The van der Waals surface area contributed by atoms with E-state index in [1.165, 1.54) is 12.1 Å². The predicted octanol–water partition coefficient (Wildman–Crippen LogP) is 3.54. The minimum atomic E-state index is -4.00. The van der Waals surface area contributed by atoms with Gasteiger partial charge in [-0.1, -0.05) is 6.07 Å². The highest BCUT2D eigenvalue weighted by Gasteiger charge is 2.35. The third-order valence-corrected chi connectivity index (χ3v) is 4.86. The maximum Gasteiger partial charge on any atom is 0.386 e. The molecule has 4 rings (SSSR count). The second-order valence-electron chi connectivity index (χ2n) is 7.39. The van der Waals surface area contributed by atoms with Crippen LogP contribution in [0.25, 0.3) is 0 Å². The molecule has 2 unspecified atom stereocenters. The summed E-state index contributed by atoms with van der Waals surface area (Å²) in [7, 11) is 0. The van der Waals surface area contributed by atoms with Gasteiger partial charge in [0.1, 0.15) is 29.6 Å². The van der Waals surface area contributed by atoms with E-state index in [1.54, 1.807) is 22.9 Å². The first-order valence-corrected chi connectivity index (χ1v) is 9.61. The van der Waals surface area contributed by atoms with E-state index in [4.69, 9.17) is 4.74 Å². The van der Waals surface area contributed by atoms with Crippen molar-refractivity contribution in [3.8, 4) is 5.75 Å². The Morgan fingerprint density at radius 1 is 1.23 bits per heavy atom. The van der Waals surface area contributed by atoms with E-state index < -0.39 is 6.18 Å². The molecule has 1 aromatic heterocycles. The van der Waals surface area contributed by atoms with E-state index in [1.807, 2.05) is 4.90 Å². The SMILES string of the molecule is CC(F)(F)F.O=C1c2cc(COc3cccc(F)c3)nn2CCN1C1CCC(O)C1. The number of aliphatic hydroxyl groups is 1. The van der Waals surface area contributed by atoms with Crippen LogP contribution in [0.5, 0.6) is 5.75 Å². The summed E-state index contributed by atoms with van der Waals surface area (Å²) in [4.78, 5) is 14.6. The standard InChI is InChI=1S/C18H20FN3O3.C2H3F3/c19-12-2-1-3-16(8-12)25-11-13-9-17-18(24)21(6-7-22(17)20-13)14-4-5-15(23)10-14;1-2(3,4)5/h1-3,8-9,14-15,23H,4-7,10-11H2;1H3. The van der Waals surface area contributed by atoms with Gasteiger partial charge in [-0.2, -0.15) is 18.3 Å². The number of amides is 1. The Hall–Kier alpha value is -2.62. The first-order chi connectivity index (χ1) is 14.1. The third kappa shape index (κ3) is 5.94. The molecule has 1 aliphatic heterocycles. The van der Waals surface area contributed by atoms with Gasteiger partial charge in [-0.15, -0.1) is 0 Å². The van der Waals surface area contributed by atoms with Crippen molar-refractivity contribution in [3.63, 3.8) is 0 Å². The summed E-state index contributed by atoms with van der Waals surface area (Å²) in [6.07, 6.45) is -2.06. The van der Waals surface area contributed by atoms with E-state index in [0.717, 1.165) is 12.8 Å². The molecule has 0 bridgehead atoms. The van der Waals surface area contributed by atoms with Gasteiger partial charge in [0.15, 0.2) is 0 Å². The molecule has 1 aliphatic carbocycles. The molecule has 2 heterocycles. The highest BCUT2D eigenvalue weighted by molar-refractivity contribution is 5.93. The molecule has 2 atom stereocenters. The molecule has 1 amide bonds. The van der Waals surface area contributed by atoms with Gasteiger partial charge in [0.05, 0.1) is 12.6 Å². The molecule has 1 saturated carbocycles. The van der Waals surface area contributed by atoms with Crippen molar-refractivity contribution >= 4 is 5.91 Å². The van der Waals surface area contributed by atoms with Crippen LogP contribution in [-0.4, -0.2) is 50.6 Å². The quantitative estimate of drug-likeness (QED) is 0.755. The molecule has 164 valence electrons. The molecule has 0 radical (unpaired) electrons. The summed E-state index contributed by atoms with van der Waals surface area (Å²) in [6, 6.07) is 7.78. The smallest absolute Gasteiger partial charge is 0.386 e. The largest absolute Gasteiger partial charge is 0.487 e. The van der Waals surface area contributed by atoms with Crippen LogP contribution in [0.2, 0.25) is 0 Å². The molecule has 0 saturated heterocycles. The number of aromatic nitrogens is 2. The van der Waals surface area contributed by atoms with Crippen molar-refractivity contribution in [2.75, 3.05) is 6.54 Å². The number of carbonyl (C=O) groups excluding carboxylic acids is 1. The monoisotopic (exact) mass is 429 g/mol.